The van der Waals surface area contributed by atoms with E-state index in [2.05, 4.69) is 22.5 Å². The largest absolute Gasteiger partial charge is 0.306 e. The summed E-state index contributed by atoms with van der Waals surface area (Å²) in [6.45, 7) is 0.894. The van der Waals surface area contributed by atoms with E-state index in [1.54, 1.807) is 6.20 Å². The van der Waals surface area contributed by atoms with Gasteiger partial charge in [-0.3, -0.25) is 0 Å². The Bertz CT molecular complexity index is 368. The van der Waals surface area contributed by atoms with Crippen LogP contribution in [0.1, 0.15) is 18.0 Å². The fourth-order valence-corrected chi connectivity index (χ4v) is 1.77. The molecule has 1 unspecified atom stereocenters. The smallest absolute Gasteiger partial charge is 0.147 e. The molecule has 0 aliphatic carbocycles. The van der Waals surface area contributed by atoms with Crippen LogP contribution in [0.15, 0.2) is 24.4 Å². The molecule has 90 valence electrons. The van der Waals surface area contributed by atoms with Crippen molar-refractivity contribution in [2.45, 2.75) is 12.5 Å². The molecule has 1 aromatic rings. The van der Waals surface area contributed by atoms with Gasteiger partial charge in [0.1, 0.15) is 5.15 Å². The van der Waals surface area contributed by atoms with Crippen molar-refractivity contribution < 1.29 is 0 Å². The zero-order chi connectivity index (χ0) is 9.97. The minimum absolute atomic E-state index is 0. The van der Waals surface area contributed by atoms with Gasteiger partial charge in [-0.2, -0.15) is 0 Å². The minimum Gasteiger partial charge on any atom is -0.306 e. The highest BCUT2D eigenvalue weighted by Crippen LogP contribution is 2.25. The van der Waals surface area contributed by atoms with E-state index in [1.807, 2.05) is 6.07 Å². The normalized spacial score (nSPS) is 18.5. The van der Waals surface area contributed by atoms with Crippen LogP contribution in [-0.2, 0) is 0 Å². The first-order chi connectivity index (χ1) is 6.77. The Morgan fingerprint density at radius 3 is 2.56 bits per heavy atom. The molecule has 0 bridgehead atoms. The first kappa shape index (κ1) is 16.0. The van der Waals surface area contributed by atoms with E-state index in [4.69, 9.17) is 23.2 Å². The van der Waals surface area contributed by atoms with Crippen molar-refractivity contribution in [2.24, 2.45) is 0 Å². The van der Waals surface area contributed by atoms with Crippen LogP contribution in [0, 0.1) is 0 Å². The number of rotatable bonds is 1. The molecular weight excluding hydrogens is 290 g/mol. The third kappa shape index (κ3) is 3.79. The highest BCUT2D eigenvalue weighted by Gasteiger charge is 2.13. The Labute approximate surface area is 117 Å². The topological polar surface area (TPSA) is 24.9 Å². The van der Waals surface area contributed by atoms with Gasteiger partial charge in [-0.05, 0) is 18.1 Å². The summed E-state index contributed by atoms with van der Waals surface area (Å²) < 4.78 is 0. The van der Waals surface area contributed by atoms with Gasteiger partial charge in [-0.25, -0.2) is 4.98 Å². The van der Waals surface area contributed by atoms with Crippen molar-refractivity contribution in [3.8, 4) is 0 Å². The van der Waals surface area contributed by atoms with Crippen LogP contribution < -0.4 is 5.32 Å². The molecule has 0 spiro atoms. The van der Waals surface area contributed by atoms with E-state index in [0.29, 0.717) is 16.2 Å². The van der Waals surface area contributed by atoms with Crippen LogP contribution >= 0.6 is 48.0 Å². The first-order valence-corrected chi connectivity index (χ1v) is 5.22. The van der Waals surface area contributed by atoms with Gasteiger partial charge in [-0.15, -0.1) is 24.8 Å². The van der Waals surface area contributed by atoms with Gasteiger partial charge in [0, 0.05) is 18.8 Å². The average molecular weight is 302 g/mol. The SMILES string of the molecule is Cl.Cl.Clc1cc(C2CC=CCN2)cnc1Cl. The predicted molar refractivity (Wildman–Crippen MR) is 73.3 cm³/mol. The van der Waals surface area contributed by atoms with Crippen LogP contribution in [0.4, 0.5) is 0 Å². The van der Waals surface area contributed by atoms with Crippen LogP contribution in [0.25, 0.3) is 0 Å². The molecule has 0 amide bonds. The lowest BCUT2D eigenvalue weighted by Crippen LogP contribution is -2.23. The first-order valence-electron chi connectivity index (χ1n) is 4.46. The molecule has 2 nitrogen and oxygen atoms in total. The average Bonchev–Trinajstić information content (AvgIpc) is 2.23. The van der Waals surface area contributed by atoms with Gasteiger partial charge in [0.05, 0.1) is 5.02 Å². The summed E-state index contributed by atoms with van der Waals surface area (Å²) in [5, 5.41) is 4.23. The number of hydrogen-bond donors (Lipinski definition) is 1. The number of pyridine rings is 1. The zero-order valence-electron chi connectivity index (χ0n) is 8.32. The van der Waals surface area contributed by atoms with E-state index in [-0.39, 0.29) is 24.8 Å². The van der Waals surface area contributed by atoms with E-state index in [0.717, 1.165) is 18.5 Å². The lowest BCUT2D eigenvalue weighted by Gasteiger charge is -2.19. The summed E-state index contributed by atoms with van der Waals surface area (Å²) in [6.07, 6.45) is 7.01. The number of aromatic nitrogens is 1. The summed E-state index contributed by atoms with van der Waals surface area (Å²) in [5.74, 6) is 0. The third-order valence-corrected chi connectivity index (χ3v) is 2.93. The number of hydrogen-bond acceptors (Lipinski definition) is 2. The summed E-state index contributed by atoms with van der Waals surface area (Å²) in [7, 11) is 0. The Morgan fingerprint density at radius 2 is 2.00 bits per heavy atom. The standard InChI is InChI=1S/C10H10Cl2N2.2ClH/c11-8-5-7(6-14-10(8)12)9-3-1-2-4-13-9;;/h1-2,5-6,9,13H,3-4H2;2*1H. The van der Waals surface area contributed by atoms with Gasteiger partial charge in [-0.1, -0.05) is 35.4 Å². The lowest BCUT2D eigenvalue weighted by molar-refractivity contribution is 0.553. The second-order valence-corrected chi connectivity index (χ2v) is 3.97. The molecule has 0 radical (unpaired) electrons. The summed E-state index contributed by atoms with van der Waals surface area (Å²) in [5.41, 5.74) is 1.09. The molecule has 6 heteroatoms. The minimum atomic E-state index is 0. The third-order valence-electron chi connectivity index (χ3n) is 2.24. The molecule has 1 atom stereocenters. The molecule has 1 aromatic heterocycles. The van der Waals surface area contributed by atoms with Gasteiger partial charge in [0.2, 0.25) is 0 Å². The maximum absolute atomic E-state index is 5.89. The van der Waals surface area contributed by atoms with Crippen LogP contribution in [-0.4, -0.2) is 11.5 Å². The fourth-order valence-electron chi connectivity index (χ4n) is 1.49. The maximum atomic E-state index is 5.89. The molecule has 16 heavy (non-hydrogen) atoms. The molecule has 1 N–H and O–H groups in total. The Morgan fingerprint density at radius 1 is 1.25 bits per heavy atom. The fraction of sp³-hybridized carbons (Fsp3) is 0.300. The van der Waals surface area contributed by atoms with Crippen molar-refractivity contribution in [1.29, 1.82) is 0 Å². The highest BCUT2D eigenvalue weighted by atomic mass is 35.5. The Hall–Kier alpha value is 0.01000. The number of halogens is 4. The van der Waals surface area contributed by atoms with E-state index in [9.17, 15) is 0 Å². The van der Waals surface area contributed by atoms with Gasteiger partial charge >= 0.3 is 0 Å². The zero-order valence-corrected chi connectivity index (χ0v) is 11.5. The molecule has 0 aromatic carbocycles. The van der Waals surface area contributed by atoms with Gasteiger partial charge in [0.25, 0.3) is 0 Å². The summed E-state index contributed by atoms with van der Waals surface area (Å²) >= 11 is 11.6. The number of nitrogens with zero attached hydrogens (tertiary/aromatic N) is 1. The number of nitrogens with one attached hydrogen (secondary N) is 1. The van der Waals surface area contributed by atoms with Crippen LogP contribution in [0.5, 0.6) is 0 Å². The monoisotopic (exact) mass is 300 g/mol. The van der Waals surface area contributed by atoms with Crippen molar-refractivity contribution in [2.75, 3.05) is 6.54 Å². The van der Waals surface area contributed by atoms with Gasteiger partial charge < -0.3 is 5.32 Å². The van der Waals surface area contributed by atoms with Crippen molar-refractivity contribution >= 4 is 48.0 Å². The van der Waals surface area contributed by atoms with Crippen LogP contribution in [0.2, 0.25) is 10.2 Å². The quantitative estimate of drug-likeness (QED) is 0.630. The molecule has 1 aliphatic rings. The second-order valence-electron chi connectivity index (χ2n) is 3.21. The Kier molecular flexibility index (Phi) is 7.36. The molecule has 1 aliphatic heterocycles. The lowest BCUT2D eigenvalue weighted by atomic mass is 10.0. The predicted octanol–water partition coefficient (Wildman–Crippen LogP) is 3.82. The summed E-state index contributed by atoms with van der Waals surface area (Å²) in [4.78, 5) is 4.02. The van der Waals surface area contributed by atoms with E-state index < -0.39 is 0 Å². The van der Waals surface area contributed by atoms with Crippen molar-refractivity contribution in [1.82, 2.24) is 10.3 Å². The Balaban J connectivity index is 0.00000112. The molecule has 2 rings (SSSR count). The maximum Gasteiger partial charge on any atom is 0.147 e. The molecule has 0 saturated heterocycles. The summed E-state index contributed by atoms with van der Waals surface area (Å²) in [6, 6.07) is 2.18. The highest BCUT2D eigenvalue weighted by molar-refractivity contribution is 6.41. The van der Waals surface area contributed by atoms with Crippen molar-refractivity contribution in [3.63, 3.8) is 0 Å². The second kappa shape index (κ2) is 7.36. The molecule has 0 fully saturated rings. The van der Waals surface area contributed by atoms with Crippen molar-refractivity contribution in [3.05, 3.63) is 40.2 Å². The molecular formula is C10H12Cl4N2. The van der Waals surface area contributed by atoms with Gasteiger partial charge in [0.15, 0.2) is 0 Å². The molecule has 2 heterocycles. The van der Waals surface area contributed by atoms with E-state index >= 15 is 0 Å². The molecule has 0 saturated carbocycles. The van der Waals surface area contributed by atoms with E-state index in [1.165, 1.54) is 0 Å². The van der Waals surface area contributed by atoms with Crippen LogP contribution in [0.3, 0.4) is 0 Å².